The Hall–Kier alpha value is -0.570. The van der Waals surface area contributed by atoms with E-state index in [-0.39, 0.29) is 29.9 Å². The molecule has 0 unspecified atom stereocenters. The number of amides is 1. The van der Waals surface area contributed by atoms with E-state index in [9.17, 15) is 4.79 Å². The molecule has 2 aliphatic rings. The lowest BCUT2D eigenvalue weighted by Crippen LogP contribution is -2.40. The molecule has 1 aliphatic heterocycles. The molecule has 0 atom stereocenters. The molecule has 1 saturated carbocycles. The SMILES string of the molecule is CCNC(=NCCNC(=O)CC1CCCCC1)N(C)CCC1CCOCC1.I. The number of carbonyl (C=O) groups excluding carboxylic acids is 1. The van der Waals surface area contributed by atoms with Crippen molar-refractivity contribution in [2.24, 2.45) is 16.8 Å². The van der Waals surface area contributed by atoms with Gasteiger partial charge in [-0.05, 0) is 50.9 Å². The fourth-order valence-corrected chi connectivity index (χ4v) is 4.07. The molecule has 0 aromatic heterocycles. The minimum atomic E-state index is 0. The van der Waals surface area contributed by atoms with E-state index in [1.807, 2.05) is 0 Å². The largest absolute Gasteiger partial charge is 0.381 e. The van der Waals surface area contributed by atoms with Gasteiger partial charge in [-0.25, -0.2) is 0 Å². The number of nitrogens with zero attached hydrogens (tertiary/aromatic N) is 2. The predicted octanol–water partition coefficient (Wildman–Crippen LogP) is 3.41. The second-order valence-corrected chi connectivity index (χ2v) is 8.06. The Morgan fingerprint density at radius 3 is 2.46 bits per heavy atom. The van der Waals surface area contributed by atoms with Gasteiger partial charge in [0.15, 0.2) is 5.96 Å². The third kappa shape index (κ3) is 10.3. The Morgan fingerprint density at radius 2 is 1.79 bits per heavy atom. The predicted molar refractivity (Wildman–Crippen MR) is 126 cm³/mol. The van der Waals surface area contributed by atoms with Gasteiger partial charge < -0.3 is 20.3 Å². The molecular weight excluding hydrogens is 467 g/mol. The lowest BCUT2D eigenvalue weighted by molar-refractivity contribution is -0.122. The van der Waals surface area contributed by atoms with Crippen LogP contribution < -0.4 is 10.6 Å². The summed E-state index contributed by atoms with van der Waals surface area (Å²) in [4.78, 5) is 19.0. The van der Waals surface area contributed by atoms with E-state index in [0.29, 0.717) is 25.4 Å². The van der Waals surface area contributed by atoms with Gasteiger partial charge in [0, 0.05) is 46.3 Å². The number of aliphatic imine (C=N–C) groups is 1. The van der Waals surface area contributed by atoms with Crippen molar-refractivity contribution in [1.29, 1.82) is 0 Å². The third-order valence-corrected chi connectivity index (χ3v) is 5.80. The molecule has 2 rings (SSSR count). The molecule has 1 heterocycles. The molecule has 0 radical (unpaired) electrons. The van der Waals surface area contributed by atoms with E-state index < -0.39 is 0 Å². The molecule has 7 heteroatoms. The molecule has 1 aliphatic carbocycles. The van der Waals surface area contributed by atoms with Crippen molar-refractivity contribution in [2.75, 3.05) is 46.4 Å². The second-order valence-electron chi connectivity index (χ2n) is 8.06. The van der Waals surface area contributed by atoms with Crippen molar-refractivity contribution in [1.82, 2.24) is 15.5 Å². The minimum Gasteiger partial charge on any atom is -0.381 e. The van der Waals surface area contributed by atoms with E-state index >= 15 is 0 Å². The van der Waals surface area contributed by atoms with E-state index in [1.54, 1.807) is 0 Å². The average Bonchev–Trinajstić information content (AvgIpc) is 2.70. The Labute approximate surface area is 188 Å². The van der Waals surface area contributed by atoms with Crippen molar-refractivity contribution < 1.29 is 9.53 Å². The fourth-order valence-electron chi connectivity index (χ4n) is 4.07. The van der Waals surface area contributed by atoms with Crippen LogP contribution in [0.25, 0.3) is 0 Å². The molecule has 2 N–H and O–H groups in total. The first kappa shape index (κ1) is 25.5. The van der Waals surface area contributed by atoms with Crippen molar-refractivity contribution in [3.63, 3.8) is 0 Å². The number of hydrogen-bond donors (Lipinski definition) is 2. The summed E-state index contributed by atoms with van der Waals surface area (Å²) in [6, 6.07) is 0. The Balaban J connectivity index is 0.00000392. The number of ether oxygens (including phenoxy) is 1. The highest BCUT2D eigenvalue weighted by Gasteiger charge is 2.17. The lowest BCUT2D eigenvalue weighted by Gasteiger charge is -2.27. The Morgan fingerprint density at radius 1 is 1.07 bits per heavy atom. The van der Waals surface area contributed by atoms with Crippen LogP contribution in [0.3, 0.4) is 0 Å². The van der Waals surface area contributed by atoms with Gasteiger partial charge >= 0.3 is 0 Å². The van der Waals surface area contributed by atoms with Crippen molar-refractivity contribution >= 4 is 35.8 Å². The molecule has 6 nitrogen and oxygen atoms in total. The first-order valence-electron chi connectivity index (χ1n) is 11.0. The van der Waals surface area contributed by atoms with Crippen LogP contribution in [0.1, 0.15) is 64.7 Å². The van der Waals surface area contributed by atoms with Gasteiger partial charge in [-0.1, -0.05) is 19.3 Å². The van der Waals surface area contributed by atoms with E-state index in [0.717, 1.165) is 38.2 Å². The Bertz CT molecular complexity index is 450. The van der Waals surface area contributed by atoms with Gasteiger partial charge in [0.05, 0.1) is 6.54 Å². The van der Waals surface area contributed by atoms with Crippen molar-refractivity contribution in [3.8, 4) is 0 Å². The molecule has 1 saturated heterocycles. The molecule has 2 fully saturated rings. The van der Waals surface area contributed by atoms with Crippen molar-refractivity contribution in [3.05, 3.63) is 0 Å². The highest BCUT2D eigenvalue weighted by molar-refractivity contribution is 14.0. The van der Waals surface area contributed by atoms with Crippen LogP contribution in [-0.4, -0.2) is 63.2 Å². The number of hydrogen-bond acceptors (Lipinski definition) is 3. The summed E-state index contributed by atoms with van der Waals surface area (Å²) < 4.78 is 5.44. The lowest BCUT2D eigenvalue weighted by atomic mass is 9.87. The van der Waals surface area contributed by atoms with Crippen LogP contribution in [0.2, 0.25) is 0 Å². The van der Waals surface area contributed by atoms with Crippen molar-refractivity contribution in [2.45, 2.75) is 64.7 Å². The highest BCUT2D eigenvalue weighted by atomic mass is 127. The summed E-state index contributed by atoms with van der Waals surface area (Å²) in [6.45, 7) is 7.01. The van der Waals surface area contributed by atoms with Crippen LogP contribution >= 0.6 is 24.0 Å². The number of rotatable bonds is 9. The second kappa shape index (κ2) is 15.3. The average molecular weight is 508 g/mol. The number of nitrogens with one attached hydrogen (secondary N) is 2. The zero-order valence-corrected chi connectivity index (χ0v) is 20.2. The summed E-state index contributed by atoms with van der Waals surface area (Å²) in [5.74, 6) is 2.49. The highest BCUT2D eigenvalue weighted by Crippen LogP contribution is 2.26. The first-order chi connectivity index (χ1) is 13.2. The minimum absolute atomic E-state index is 0. The van der Waals surface area contributed by atoms with Gasteiger partial charge in [0.1, 0.15) is 0 Å². The standard InChI is InChI=1S/C21H40N4O2.HI/c1-3-22-21(25(2)14-9-18-10-15-27-16-11-18)24-13-12-23-20(26)17-19-7-5-4-6-8-19;/h18-19H,3-17H2,1-2H3,(H,22,24)(H,23,26);1H. The molecule has 0 aromatic carbocycles. The summed E-state index contributed by atoms with van der Waals surface area (Å²) in [5, 5.41) is 6.41. The van der Waals surface area contributed by atoms with Gasteiger partial charge in [-0.3, -0.25) is 9.79 Å². The van der Waals surface area contributed by atoms with E-state index in [2.05, 4.69) is 34.5 Å². The molecule has 0 spiro atoms. The molecule has 0 aromatic rings. The van der Waals surface area contributed by atoms with Crippen LogP contribution in [0.15, 0.2) is 4.99 Å². The summed E-state index contributed by atoms with van der Waals surface area (Å²) in [5.41, 5.74) is 0. The summed E-state index contributed by atoms with van der Waals surface area (Å²) in [7, 11) is 2.10. The monoisotopic (exact) mass is 508 g/mol. The zero-order valence-electron chi connectivity index (χ0n) is 17.9. The quantitative estimate of drug-likeness (QED) is 0.217. The van der Waals surface area contributed by atoms with Gasteiger partial charge in [0.2, 0.25) is 5.91 Å². The number of halogens is 1. The Kier molecular flexibility index (Phi) is 13.9. The van der Waals surface area contributed by atoms with E-state index in [4.69, 9.17) is 4.74 Å². The number of carbonyl (C=O) groups is 1. The third-order valence-electron chi connectivity index (χ3n) is 5.80. The molecule has 1 amide bonds. The summed E-state index contributed by atoms with van der Waals surface area (Å²) >= 11 is 0. The normalized spacial score (nSPS) is 19.0. The van der Waals surface area contributed by atoms with Crippen LogP contribution in [0.4, 0.5) is 0 Å². The first-order valence-corrected chi connectivity index (χ1v) is 11.0. The topological polar surface area (TPSA) is 66.0 Å². The molecule has 0 bridgehead atoms. The zero-order chi connectivity index (χ0) is 19.3. The van der Waals surface area contributed by atoms with Crippen LogP contribution in [0, 0.1) is 11.8 Å². The molecule has 164 valence electrons. The maximum absolute atomic E-state index is 12.1. The van der Waals surface area contributed by atoms with E-state index in [1.165, 1.54) is 51.4 Å². The smallest absolute Gasteiger partial charge is 0.220 e. The maximum Gasteiger partial charge on any atom is 0.220 e. The molecular formula is C21H41IN4O2. The maximum atomic E-state index is 12.1. The van der Waals surface area contributed by atoms with Gasteiger partial charge in [-0.2, -0.15) is 0 Å². The fraction of sp³-hybridized carbons (Fsp3) is 0.905. The van der Waals surface area contributed by atoms with Gasteiger partial charge in [-0.15, -0.1) is 24.0 Å². The number of guanidine groups is 1. The molecule has 28 heavy (non-hydrogen) atoms. The van der Waals surface area contributed by atoms with Gasteiger partial charge in [0.25, 0.3) is 0 Å². The van der Waals surface area contributed by atoms with Crippen LogP contribution in [-0.2, 0) is 9.53 Å². The summed E-state index contributed by atoms with van der Waals surface area (Å²) in [6.07, 6.45) is 10.6. The van der Waals surface area contributed by atoms with Crippen LogP contribution in [0.5, 0.6) is 0 Å².